The number of aryl methyl sites for hydroxylation is 1. The summed E-state index contributed by atoms with van der Waals surface area (Å²) in [6.07, 6.45) is 1.56. The summed E-state index contributed by atoms with van der Waals surface area (Å²) in [6.45, 7) is 2.22. The Morgan fingerprint density at radius 1 is 1.11 bits per heavy atom. The van der Waals surface area contributed by atoms with Crippen molar-refractivity contribution in [3.8, 4) is 0 Å². The molecule has 4 rings (SSSR count). The molecule has 6 heteroatoms. The molecule has 0 spiro atoms. The van der Waals surface area contributed by atoms with Crippen LogP contribution in [0.15, 0.2) is 80.8 Å². The number of hydrogen-bond donors (Lipinski definition) is 1. The smallest absolute Gasteiger partial charge is 0.257 e. The number of halogens is 1. The SMILES string of the molecule is Cc1ccc(N=c2oc3ccccc3cc2C(=O)NCc2ccco2)c(Cl)c1. The van der Waals surface area contributed by atoms with Crippen LogP contribution in [-0.4, -0.2) is 5.91 Å². The van der Waals surface area contributed by atoms with E-state index in [0.717, 1.165) is 10.9 Å². The van der Waals surface area contributed by atoms with Crippen molar-refractivity contribution in [2.24, 2.45) is 4.99 Å². The normalized spacial score (nSPS) is 11.7. The predicted octanol–water partition coefficient (Wildman–Crippen LogP) is 5.15. The highest BCUT2D eigenvalue weighted by Gasteiger charge is 2.13. The molecule has 5 nitrogen and oxygen atoms in total. The third-order valence-corrected chi connectivity index (χ3v) is 4.53. The monoisotopic (exact) mass is 392 g/mol. The Balaban J connectivity index is 1.80. The van der Waals surface area contributed by atoms with Crippen molar-refractivity contribution in [2.75, 3.05) is 0 Å². The highest BCUT2D eigenvalue weighted by Crippen LogP contribution is 2.25. The van der Waals surface area contributed by atoms with Gasteiger partial charge >= 0.3 is 0 Å². The number of amides is 1. The number of nitrogens with zero attached hydrogens (tertiary/aromatic N) is 1. The molecule has 1 amide bonds. The second-order valence-electron chi connectivity index (χ2n) is 6.33. The van der Waals surface area contributed by atoms with Crippen LogP contribution in [0, 0.1) is 6.92 Å². The lowest BCUT2D eigenvalue weighted by Crippen LogP contribution is -2.28. The fourth-order valence-corrected chi connectivity index (χ4v) is 3.08. The van der Waals surface area contributed by atoms with Crippen molar-refractivity contribution < 1.29 is 13.6 Å². The number of benzene rings is 2. The van der Waals surface area contributed by atoms with Crippen LogP contribution >= 0.6 is 11.6 Å². The molecule has 2 aromatic carbocycles. The largest absolute Gasteiger partial charge is 0.467 e. The van der Waals surface area contributed by atoms with Gasteiger partial charge in [-0.1, -0.05) is 35.9 Å². The fourth-order valence-electron chi connectivity index (χ4n) is 2.80. The van der Waals surface area contributed by atoms with Gasteiger partial charge in [-0.05, 0) is 48.9 Å². The van der Waals surface area contributed by atoms with Crippen LogP contribution in [-0.2, 0) is 6.54 Å². The van der Waals surface area contributed by atoms with Crippen molar-refractivity contribution in [2.45, 2.75) is 13.5 Å². The maximum Gasteiger partial charge on any atom is 0.257 e. The van der Waals surface area contributed by atoms with Gasteiger partial charge in [-0.3, -0.25) is 4.79 Å². The van der Waals surface area contributed by atoms with Crippen LogP contribution in [0.1, 0.15) is 21.7 Å². The summed E-state index contributed by atoms with van der Waals surface area (Å²) in [5.41, 5.74) is 2.71. The topological polar surface area (TPSA) is 67.7 Å². The van der Waals surface area contributed by atoms with Gasteiger partial charge in [-0.15, -0.1) is 0 Å². The molecule has 0 fully saturated rings. The lowest BCUT2D eigenvalue weighted by Gasteiger charge is -2.06. The molecule has 28 heavy (non-hydrogen) atoms. The first-order chi connectivity index (χ1) is 13.6. The van der Waals surface area contributed by atoms with Crippen molar-refractivity contribution in [1.29, 1.82) is 0 Å². The molecular formula is C22H17ClN2O3. The van der Waals surface area contributed by atoms with Crippen LogP contribution in [0.3, 0.4) is 0 Å². The maximum absolute atomic E-state index is 12.8. The van der Waals surface area contributed by atoms with Crippen LogP contribution in [0.25, 0.3) is 11.0 Å². The van der Waals surface area contributed by atoms with Gasteiger partial charge < -0.3 is 14.2 Å². The molecule has 0 aliphatic carbocycles. The molecule has 0 saturated carbocycles. The zero-order valence-electron chi connectivity index (χ0n) is 15.1. The van der Waals surface area contributed by atoms with Gasteiger partial charge in [-0.2, -0.15) is 0 Å². The molecule has 4 aromatic rings. The number of rotatable bonds is 4. The third-order valence-electron chi connectivity index (χ3n) is 4.23. The van der Waals surface area contributed by atoms with Crippen LogP contribution in [0.2, 0.25) is 5.02 Å². The summed E-state index contributed by atoms with van der Waals surface area (Å²) in [7, 11) is 0. The number of para-hydroxylation sites is 1. The van der Waals surface area contributed by atoms with Crippen molar-refractivity contribution >= 4 is 34.2 Å². The van der Waals surface area contributed by atoms with E-state index in [-0.39, 0.29) is 18.0 Å². The molecular weight excluding hydrogens is 376 g/mol. The molecule has 2 heterocycles. The third kappa shape index (κ3) is 3.85. The summed E-state index contributed by atoms with van der Waals surface area (Å²) in [4.78, 5) is 17.3. The lowest BCUT2D eigenvalue weighted by molar-refractivity contribution is 0.0944. The number of hydrogen-bond acceptors (Lipinski definition) is 4. The minimum atomic E-state index is -0.312. The van der Waals surface area contributed by atoms with Gasteiger partial charge in [0.25, 0.3) is 5.91 Å². The summed E-state index contributed by atoms with van der Waals surface area (Å²) in [5.74, 6) is 0.346. The number of nitrogens with one attached hydrogen (secondary N) is 1. The van der Waals surface area contributed by atoms with Crippen LogP contribution in [0.4, 0.5) is 5.69 Å². The summed E-state index contributed by atoms with van der Waals surface area (Å²) in [5, 5.41) is 4.13. The van der Waals surface area contributed by atoms with Gasteiger partial charge in [0, 0.05) is 5.39 Å². The number of fused-ring (bicyclic) bond motifs is 1. The minimum absolute atomic E-state index is 0.196. The Hall–Kier alpha value is -3.31. The van der Waals surface area contributed by atoms with E-state index in [9.17, 15) is 4.79 Å². The minimum Gasteiger partial charge on any atom is -0.467 e. The van der Waals surface area contributed by atoms with Crippen molar-refractivity contribution in [3.63, 3.8) is 0 Å². The van der Waals surface area contributed by atoms with Crippen LogP contribution < -0.4 is 10.9 Å². The molecule has 0 atom stereocenters. The van der Waals surface area contributed by atoms with Gasteiger partial charge in [0.2, 0.25) is 5.55 Å². The molecule has 140 valence electrons. The molecule has 0 radical (unpaired) electrons. The first-order valence-electron chi connectivity index (χ1n) is 8.74. The second kappa shape index (κ2) is 7.74. The van der Waals surface area contributed by atoms with E-state index >= 15 is 0 Å². The van der Waals surface area contributed by atoms with Gasteiger partial charge in [0.05, 0.1) is 23.5 Å². The first-order valence-corrected chi connectivity index (χ1v) is 9.12. The lowest BCUT2D eigenvalue weighted by atomic mass is 10.1. The van der Waals surface area contributed by atoms with E-state index < -0.39 is 0 Å². The van der Waals surface area contributed by atoms with Crippen molar-refractivity contribution in [3.05, 3.63) is 94.4 Å². The average Bonchev–Trinajstić information content (AvgIpc) is 3.21. The second-order valence-corrected chi connectivity index (χ2v) is 6.74. The van der Waals surface area contributed by atoms with Crippen molar-refractivity contribution in [1.82, 2.24) is 5.32 Å². The number of carbonyl (C=O) groups excluding carboxylic acids is 1. The molecule has 0 aliphatic rings. The van der Waals surface area contributed by atoms with E-state index in [2.05, 4.69) is 10.3 Å². The van der Waals surface area contributed by atoms with Gasteiger partial charge in [-0.25, -0.2) is 4.99 Å². The van der Waals surface area contributed by atoms with E-state index in [1.807, 2.05) is 43.3 Å². The van der Waals surface area contributed by atoms with Gasteiger partial charge in [0.15, 0.2) is 0 Å². The first kappa shape index (κ1) is 18.1. The number of carbonyl (C=O) groups is 1. The quantitative estimate of drug-likeness (QED) is 0.522. The Morgan fingerprint density at radius 3 is 2.75 bits per heavy atom. The zero-order valence-corrected chi connectivity index (χ0v) is 15.9. The molecule has 1 N–H and O–H groups in total. The Labute approximate surface area is 166 Å². The average molecular weight is 393 g/mol. The van der Waals surface area contributed by atoms with Crippen LogP contribution in [0.5, 0.6) is 0 Å². The highest BCUT2D eigenvalue weighted by atomic mass is 35.5. The Bertz CT molecular complexity index is 1210. The van der Waals surface area contributed by atoms with E-state index in [4.69, 9.17) is 20.4 Å². The highest BCUT2D eigenvalue weighted by molar-refractivity contribution is 6.33. The van der Waals surface area contributed by atoms with Gasteiger partial charge in [0.1, 0.15) is 16.9 Å². The molecule has 0 bridgehead atoms. The molecule has 0 saturated heterocycles. The zero-order chi connectivity index (χ0) is 19.5. The standard InChI is InChI=1S/C22H17ClN2O3/c1-14-8-9-19(18(23)11-14)25-22-17(12-15-5-2-3-7-20(15)28-22)21(26)24-13-16-6-4-10-27-16/h2-12H,13H2,1H3,(H,24,26). The predicted molar refractivity (Wildman–Crippen MR) is 108 cm³/mol. The summed E-state index contributed by atoms with van der Waals surface area (Å²) in [6, 6.07) is 18.3. The fraction of sp³-hybridized carbons (Fsp3) is 0.0909. The summed E-state index contributed by atoms with van der Waals surface area (Å²) < 4.78 is 11.2. The van der Waals surface area contributed by atoms with E-state index in [0.29, 0.717) is 27.6 Å². The molecule has 2 aromatic heterocycles. The number of furan rings is 1. The Morgan fingerprint density at radius 2 is 1.96 bits per heavy atom. The van der Waals surface area contributed by atoms with E-state index in [1.54, 1.807) is 30.5 Å². The molecule has 0 aliphatic heterocycles. The summed E-state index contributed by atoms with van der Waals surface area (Å²) >= 11 is 6.31. The maximum atomic E-state index is 12.8. The molecule has 0 unspecified atom stereocenters. The van der Waals surface area contributed by atoms with E-state index in [1.165, 1.54) is 0 Å². The Kier molecular flexibility index (Phi) is 5.00.